The first-order valence-electron chi connectivity index (χ1n) is 7.09. The molecule has 0 N–H and O–H groups in total. The van der Waals surface area contributed by atoms with Crippen molar-refractivity contribution in [2.75, 3.05) is 11.9 Å². The monoisotopic (exact) mass is 283 g/mol. The average Bonchev–Trinajstić information content (AvgIpc) is 2.45. The van der Waals surface area contributed by atoms with Gasteiger partial charge in [0.15, 0.2) is 0 Å². The molecule has 0 aliphatic carbocycles. The highest BCUT2D eigenvalue weighted by molar-refractivity contribution is 6.05. The van der Waals surface area contributed by atoms with E-state index in [1.54, 1.807) is 11.9 Å². The van der Waals surface area contributed by atoms with Gasteiger partial charge < -0.3 is 9.64 Å². The molecule has 0 aliphatic rings. The minimum Gasteiger partial charge on any atom is -0.491 e. The highest BCUT2D eigenvalue weighted by atomic mass is 16.5. The van der Waals surface area contributed by atoms with E-state index in [1.165, 1.54) is 0 Å². The molecule has 0 saturated carbocycles. The van der Waals surface area contributed by atoms with Crippen LogP contribution in [0, 0.1) is 6.92 Å². The van der Waals surface area contributed by atoms with E-state index < -0.39 is 0 Å². The van der Waals surface area contributed by atoms with Crippen LogP contribution in [0.15, 0.2) is 48.5 Å². The van der Waals surface area contributed by atoms with E-state index in [0.29, 0.717) is 5.56 Å². The topological polar surface area (TPSA) is 29.5 Å². The maximum Gasteiger partial charge on any atom is 0.258 e. The van der Waals surface area contributed by atoms with Gasteiger partial charge in [0.25, 0.3) is 5.91 Å². The zero-order valence-electron chi connectivity index (χ0n) is 13.0. The fourth-order valence-electron chi connectivity index (χ4n) is 2.13. The molecule has 0 spiro atoms. The lowest BCUT2D eigenvalue weighted by Crippen LogP contribution is -2.26. The summed E-state index contributed by atoms with van der Waals surface area (Å²) >= 11 is 0. The first-order chi connectivity index (χ1) is 9.97. The van der Waals surface area contributed by atoms with Crippen molar-refractivity contribution in [2.45, 2.75) is 26.9 Å². The molecule has 1 amide bonds. The van der Waals surface area contributed by atoms with Crippen molar-refractivity contribution >= 4 is 11.6 Å². The van der Waals surface area contributed by atoms with Crippen LogP contribution < -0.4 is 9.64 Å². The van der Waals surface area contributed by atoms with E-state index in [1.807, 2.05) is 69.3 Å². The third kappa shape index (κ3) is 3.85. The number of carbonyl (C=O) groups is 1. The molecule has 21 heavy (non-hydrogen) atoms. The molecule has 110 valence electrons. The number of benzene rings is 2. The van der Waals surface area contributed by atoms with Crippen molar-refractivity contribution in [3.05, 3.63) is 59.7 Å². The van der Waals surface area contributed by atoms with Crippen LogP contribution in [0.1, 0.15) is 29.8 Å². The Morgan fingerprint density at radius 2 is 1.81 bits per heavy atom. The van der Waals surface area contributed by atoms with Crippen LogP contribution in [0.5, 0.6) is 5.75 Å². The number of hydrogen-bond donors (Lipinski definition) is 0. The van der Waals surface area contributed by atoms with Gasteiger partial charge in [-0.15, -0.1) is 0 Å². The van der Waals surface area contributed by atoms with Crippen LogP contribution in [0.4, 0.5) is 5.69 Å². The quantitative estimate of drug-likeness (QED) is 0.847. The molecular formula is C18H21NO2. The number of hydrogen-bond acceptors (Lipinski definition) is 2. The molecule has 0 aliphatic heterocycles. The Morgan fingerprint density at radius 1 is 1.10 bits per heavy atom. The number of ether oxygens (including phenoxy) is 1. The van der Waals surface area contributed by atoms with Gasteiger partial charge in [0.1, 0.15) is 5.75 Å². The number of carbonyl (C=O) groups excluding carboxylic acids is 1. The van der Waals surface area contributed by atoms with Crippen molar-refractivity contribution < 1.29 is 9.53 Å². The molecule has 0 bridgehead atoms. The van der Waals surface area contributed by atoms with Crippen LogP contribution in [0.3, 0.4) is 0 Å². The van der Waals surface area contributed by atoms with E-state index in [4.69, 9.17) is 4.74 Å². The second-order valence-corrected chi connectivity index (χ2v) is 5.40. The molecule has 0 heterocycles. The second-order valence-electron chi connectivity index (χ2n) is 5.40. The molecular weight excluding hydrogens is 262 g/mol. The minimum atomic E-state index is -0.0274. The number of rotatable bonds is 4. The van der Waals surface area contributed by atoms with Gasteiger partial charge in [0, 0.05) is 24.4 Å². The summed E-state index contributed by atoms with van der Waals surface area (Å²) in [4.78, 5) is 14.2. The van der Waals surface area contributed by atoms with Crippen LogP contribution in [-0.4, -0.2) is 19.1 Å². The lowest BCUT2D eigenvalue weighted by molar-refractivity contribution is 0.0993. The van der Waals surface area contributed by atoms with E-state index >= 15 is 0 Å². The predicted octanol–water partition coefficient (Wildman–Crippen LogP) is 4.06. The van der Waals surface area contributed by atoms with Crippen molar-refractivity contribution in [2.24, 2.45) is 0 Å². The smallest absolute Gasteiger partial charge is 0.258 e. The van der Waals surface area contributed by atoms with Gasteiger partial charge >= 0.3 is 0 Å². The van der Waals surface area contributed by atoms with Gasteiger partial charge in [-0.3, -0.25) is 4.79 Å². The molecule has 3 heteroatoms. The summed E-state index contributed by atoms with van der Waals surface area (Å²) < 4.78 is 5.67. The lowest BCUT2D eigenvalue weighted by atomic mass is 10.1. The first kappa shape index (κ1) is 15.1. The van der Waals surface area contributed by atoms with E-state index in [0.717, 1.165) is 17.0 Å². The average molecular weight is 283 g/mol. The number of nitrogens with zero attached hydrogens (tertiary/aromatic N) is 1. The molecule has 0 unspecified atom stereocenters. The molecule has 2 aromatic rings. The van der Waals surface area contributed by atoms with Gasteiger partial charge in [0.05, 0.1) is 6.10 Å². The predicted molar refractivity (Wildman–Crippen MR) is 86.1 cm³/mol. The van der Waals surface area contributed by atoms with Crippen LogP contribution in [0.25, 0.3) is 0 Å². The molecule has 0 fully saturated rings. The Hall–Kier alpha value is -2.29. The maximum absolute atomic E-state index is 12.5. The van der Waals surface area contributed by atoms with Crippen molar-refractivity contribution in [1.82, 2.24) is 0 Å². The molecule has 2 rings (SSSR count). The molecule has 0 saturated heterocycles. The summed E-state index contributed by atoms with van der Waals surface area (Å²) in [6, 6.07) is 15.2. The number of aryl methyl sites for hydroxylation is 1. The highest BCUT2D eigenvalue weighted by Gasteiger charge is 2.14. The van der Waals surface area contributed by atoms with Crippen LogP contribution in [-0.2, 0) is 0 Å². The van der Waals surface area contributed by atoms with Crippen LogP contribution >= 0.6 is 0 Å². The first-order valence-corrected chi connectivity index (χ1v) is 7.09. The van der Waals surface area contributed by atoms with E-state index in [2.05, 4.69) is 0 Å². The summed E-state index contributed by atoms with van der Waals surface area (Å²) in [6.45, 7) is 5.94. The molecule has 0 atom stereocenters. The highest BCUT2D eigenvalue weighted by Crippen LogP contribution is 2.22. The third-order valence-corrected chi connectivity index (χ3v) is 3.15. The van der Waals surface area contributed by atoms with Gasteiger partial charge in [-0.25, -0.2) is 0 Å². The SMILES string of the molecule is Cc1cccc(C(=O)N(C)c2cccc(OC(C)C)c2)c1. The standard InChI is InChI=1S/C18H21NO2/c1-13(2)21-17-10-6-9-16(12-17)19(4)18(20)15-8-5-7-14(3)11-15/h5-13H,1-4H3. The molecule has 3 nitrogen and oxygen atoms in total. The third-order valence-electron chi connectivity index (χ3n) is 3.15. The van der Waals surface area contributed by atoms with Gasteiger partial charge in [-0.2, -0.15) is 0 Å². The molecule has 0 radical (unpaired) electrons. The van der Waals surface area contributed by atoms with Crippen molar-refractivity contribution in [3.8, 4) is 5.75 Å². The Morgan fingerprint density at radius 3 is 2.48 bits per heavy atom. The van der Waals surface area contributed by atoms with Crippen molar-refractivity contribution in [3.63, 3.8) is 0 Å². The van der Waals surface area contributed by atoms with Gasteiger partial charge in [-0.05, 0) is 45.0 Å². The fourth-order valence-corrected chi connectivity index (χ4v) is 2.13. The van der Waals surface area contributed by atoms with Gasteiger partial charge in [-0.1, -0.05) is 23.8 Å². The summed E-state index contributed by atoms with van der Waals surface area (Å²) in [6.07, 6.45) is 0.109. The van der Waals surface area contributed by atoms with E-state index in [-0.39, 0.29) is 12.0 Å². The Labute approximate surface area is 126 Å². The number of amides is 1. The number of anilines is 1. The Kier molecular flexibility index (Phi) is 4.63. The fraction of sp³-hybridized carbons (Fsp3) is 0.278. The molecule has 2 aromatic carbocycles. The largest absolute Gasteiger partial charge is 0.491 e. The summed E-state index contributed by atoms with van der Waals surface area (Å²) in [5.41, 5.74) is 2.58. The maximum atomic E-state index is 12.5. The summed E-state index contributed by atoms with van der Waals surface area (Å²) in [5, 5.41) is 0. The Bertz CT molecular complexity index is 635. The zero-order chi connectivity index (χ0) is 15.4. The normalized spacial score (nSPS) is 10.5. The summed E-state index contributed by atoms with van der Waals surface area (Å²) in [7, 11) is 1.78. The summed E-state index contributed by atoms with van der Waals surface area (Å²) in [5.74, 6) is 0.742. The minimum absolute atomic E-state index is 0.0274. The zero-order valence-corrected chi connectivity index (χ0v) is 13.0. The second kappa shape index (κ2) is 6.44. The Balaban J connectivity index is 2.23. The van der Waals surface area contributed by atoms with Crippen LogP contribution in [0.2, 0.25) is 0 Å². The van der Waals surface area contributed by atoms with Gasteiger partial charge in [0.2, 0.25) is 0 Å². The van der Waals surface area contributed by atoms with E-state index in [9.17, 15) is 4.79 Å². The lowest BCUT2D eigenvalue weighted by Gasteiger charge is -2.19. The molecule has 0 aromatic heterocycles. The van der Waals surface area contributed by atoms with Crippen molar-refractivity contribution in [1.29, 1.82) is 0 Å².